The first-order chi connectivity index (χ1) is 10.5. The van der Waals surface area contributed by atoms with Crippen LogP contribution in [0.25, 0.3) is 0 Å². The highest BCUT2D eigenvalue weighted by molar-refractivity contribution is 6.32. The molecule has 120 valence electrons. The zero-order chi connectivity index (χ0) is 16.1. The number of methoxy groups -OCH3 is 1. The Labute approximate surface area is 133 Å². The zero-order valence-electron chi connectivity index (χ0n) is 12.3. The molecule has 1 saturated heterocycles. The van der Waals surface area contributed by atoms with E-state index in [-0.39, 0.29) is 18.2 Å². The maximum absolute atomic E-state index is 12.1. The topological polar surface area (TPSA) is 90.7 Å². The van der Waals surface area contributed by atoms with Gasteiger partial charge in [0.05, 0.1) is 24.7 Å². The largest absolute Gasteiger partial charge is 0.495 e. The quantitative estimate of drug-likeness (QED) is 0.812. The average Bonchev–Trinajstić information content (AvgIpc) is 3.01. The summed E-state index contributed by atoms with van der Waals surface area (Å²) in [6, 6.07) is 4.41. The first-order valence-electron chi connectivity index (χ1n) is 7.01. The van der Waals surface area contributed by atoms with Crippen molar-refractivity contribution in [1.82, 2.24) is 5.32 Å². The lowest BCUT2D eigenvalue weighted by molar-refractivity contribution is -0.129. The predicted octanol–water partition coefficient (Wildman–Crippen LogP) is 0.898. The molecule has 1 fully saturated rings. The fourth-order valence-corrected chi connectivity index (χ4v) is 2.61. The molecule has 3 N–H and O–H groups in total. The Morgan fingerprint density at radius 3 is 2.86 bits per heavy atom. The van der Waals surface area contributed by atoms with Crippen LogP contribution in [0.15, 0.2) is 18.2 Å². The molecule has 1 aromatic carbocycles. The lowest BCUT2D eigenvalue weighted by Gasteiger charge is -2.18. The van der Waals surface area contributed by atoms with Crippen LogP contribution in [0.5, 0.6) is 5.75 Å². The number of amides is 2. The van der Waals surface area contributed by atoms with Gasteiger partial charge in [-0.3, -0.25) is 9.59 Å². The van der Waals surface area contributed by atoms with Crippen molar-refractivity contribution in [3.8, 4) is 5.75 Å². The normalized spacial score (nSPS) is 18.7. The average molecular weight is 327 g/mol. The van der Waals surface area contributed by atoms with Crippen LogP contribution in [0.4, 0.5) is 0 Å². The number of ether oxygens (including phenoxy) is 2. The van der Waals surface area contributed by atoms with Crippen molar-refractivity contribution in [2.45, 2.75) is 18.9 Å². The molecule has 2 atom stereocenters. The highest BCUT2D eigenvalue weighted by atomic mass is 35.5. The number of carbonyl (C=O) groups excluding carboxylic acids is 2. The number of primary amides is 1. The molecule has 1 aliphatic rings. The summed E-state index contributed by atoms with van der Waals surface area (Å²) >= 11 is 6.06. The summed E-state index contributed by atoms with van der Waals surface area (Å²) in [5.74, 6) is -0.463. The smallest absolute Gasteiger partial charge is 0.240 e. The van der Waals surface area contributed by atoms with E-state index in [4.69, 9.17) is 26.8 Å². The molecule has 0 aliphatic carbocycles. The summed E-state index contributed by atoms with van der Waals surface area (Å²) in [7, 11) is 1.52. The van der Waals surface area contributed by atoms with Gasteiger partial charge < -0.3 is 20.5 Å². The Bertz CT molecular complexity index is 558. The van der Waals surface area contributed by atoms with Gasteiger partial charge >= 0.3 is 0 Å². The molecule has 22 heavy (non-hydrogen) atoms. The minimum absolute atomic E-state index is 0.207. The highest BCUT2D eigenvalue weighted by Crippen LogP contribution is 2.25. The van der Waals surface area contributed by atoms with Gasteiger partial charge in [0.1, 0.15) is 11.8 Å². The van der Waals surface area contributed by atoms with Crippen LogP contribution >= 0.6 is 11.6 Å². The second kappa shape index (κ2) is 7.47. The summed E-state index contributed by atoms with van der Waals surface area (Å²) in [5.41, 5.74) is 6.17. The lowest BCUT2D eigenvalue weighted by Crippen LogP contribution is -2.48. The van der Waals surface area contributed by atoms with Crippen molar-refractivity contribution in [3.63, 3.8) is 0 Å². The van der Waals surface area contributed by atoms with Gasteiger partial charge in [0.25, 0.3) is 0 Å². The molecule has 0 spiro atoms. The molecule has 0 radical (unpaired) electrons. The predicted molar refractivity (Wildman–Crippen MR) is 81.8 cm³/mol. The SMILES string of the molecule is COc1ccc(C[C@@H](NC(=O)[C@H]2CCOC2)C(N)=O)cc1Cl. The first-order valence-corrected chi connectivity index (χ1v) is 7.39. The molecule has 6 nitrogen and oxygen atoms in total. The Morgan fingerprint density at radius 2 is 2.32 bits per heavy atom. The van der Waals surface area contributed by atoms with E-state index in [9.17, 15) is 9.59 Å². The molecular weight excluding hydrogens is 308 g/mol. The van der Waals surface area contributed by atoms with Crippen LogP contribution in [-0.2, 0) is 20.7 Å². The van der Waals surface area contributed by atoms with Crippen LogP contribution < -0.4 is 15.8 Å². The number of halogens is 1. The van der Waals surface area contributed by atoms with Gasteiger partial charge in [-0.05, 0) is 24.1 Å². The van der Waals surface area contributed by atoms with Crippen molar-refractivity contribution < 1.29 is 19.1 Å². The number of rotatable bonds is 6. The van der Waals surface area contributed by atoms with Gasteiger partial charge in [0, 0.05) is 13.0 Å². The molecule has 1 aromatic rings. The summed E-state index contributed by atoms with van der Waals surface area (Å²) in [6.45, 7) is 0.944. The fraction of sp³-hybridized carbons (Fsp3) is 0.467. The van der Waals surface area contributed by atoms with Crippen molar-refractivity contribution in [1.29, 1.82) is 0 Å². The van der Waals surface area contributed by atoms with Gasteiger partial charge in [-0.2, -0.15) is 0 Å². The molecule has 0 saturated carbocycles. The van der Waals surface area contributed by atoms with Crippen molar-refractivity contribution in [2.75, 3.05) is 20.3 Å². The Hall–Kier alpha value is -1.79. The molecule has 2 rings (SSSR count). The molecule has 0 bridgehead atoms. The van der Waals surface area contributed by atoms with Crippen molar-refractivity contribution >= 4 is 23.4 Å². The third-order valence-electron chi connectivity index (χ3n) is 3.62. The molecule has 7 heteroatoms. The summed E-state index contributed by atoms with van der Waals surface area (Å²) in [5, 5.41) is 3.13. The lowest BCUT2D eigenvalue weighted by atomic mass is 10.0. The molecule has 0 aromatic heterocycles. The minimum Gasteiger partial charge on any atom is -0.495 e. The standard InChI is InChI=1S/C15H19ClN2O4/c1-21-13-3-2-9(6-11(13)16)7-12(14(17)19)18-15(20)10-4-5-22-8-10/h2-3,6,10,12H,4-5,7-8H2,1H3,(H2,17,19)(H,18,20)/t10-,12+/m0/s1. The van der Waals surface area contributed by atoms with Crippen LogP contribution in [0, 0.1) is 5.92 Å². The van der Waals surface area contributed by atoms with Gasteiger partial charge in [-0.1, -0.05) is 17.7 Å². The van der Waals surface area contributed by atoms with Crippen LogP contribution in [0.1, 0.15) is 12.0 Å². The van der Waals surface area contributed by atoms with Crippen LogP contribution in [0.2, 0.25) is 5.02 Å². The monoisotopic (exact) mass is 326 g/mol. The fourth-order valence-electron chi connectivity index (χ4n) is 2.33. The van der Waals surface area contributed by atoms with Crippen molar-refractivity contribution in [3.05, 3.63) is 28.8 Å². The van der Waals surface area contributed by atoms with Crippen molar-refractivity contribution in [2.24, 2.45) is 11.7 Å². The molecule has 0 unspecified atom stereocenters. The second-order valence-corrected chi connectivity index (χ2v) is 5.60. The molecular formula is C15H19ClN2O4. The summed E-state index contributed by atoms with van der Waals surface area (Å²) in [4.78, 5) is 23.7. The van der Waals surface area contributed by atoms with E-state index >= 15 is 0 Å². The summed E-state index contributed by atoms with van der Waals surface area (Å²) < 4.78 is 10.2. The third-order valence-corrected chi connectivity index (χ3v) is 3.91. The third kappa shape index (κ3) is 4.11. The number of hydrogen-bond donors (Lipinski definition) is 2. The van der Waals surface area contributed by atoms with Gasteiger partial charge in [0.2, 0.25) is 11.8 Å². The van der Waals surface area contributed by atoms with E-state index in [0.29, 0.717) is 30.4 Å². The molecule has 1 heterocycles. The number of hydrogen-bond acceptors (Lipinski definition) is 4. The Balaban J connectivity index is 2.03. The van der Waals surface area contributed by atoms with Gasteiger partial charge in [-0.25, -0.2) is 0 Å². The second-order valence-electron chi connectivity index (χ2n) is 5.20. The maximum Gasteiger partial charge on any atom is 0.240 e. The van der Waals surface area contributed by atoms with Crippen LogP contribution in [0.3, 0.4) is 0 Å². The van der Waals surface area contributed by atoms with Gasteiger partial charge in [0.15, 0.2) is 0 Å². The van der Waals surface area contributed by atoms with Gasteiger partial charge in [-0.15, -0.1) is 0 Å². The molecule has 1 aliphatic heterocycles. The highest BCUT2D eigenvalue weighted by Gasteiger charge is 2.27. The van der Waals surface area contributed by atoms with E-state index in [2.05, 4.69) is 5.32 Å². The zero-order valence-corrected chi connectivity index (χ0v) is 13.1. The van der Waals surface area contributed by atoms with Crippen LogP contribution in [-0.4, -0.2) is 38.2 Å². The number of benzene rings is 1. The number of carbonyl (C=O) groups is 2. The van der Waals surface area contributed by atoms with E-state index in [1.165, 1.54) is 7.11 Å². The number of nitrogens with one attached hydrogen (secondary N) is 1. The maximum atomic E-state index is 12.1. The molecule has 2 amide bonds. The Kier molecular flexibility index (Phi) is 5.63. The van der Waals surface area contributed by atoms with E-state index in [1.54, 1.807) is 18.2 Å². The Morgan fingerprint density at radius 1 is 1.55 bits per heavy atom. The summed E-state index contributed by atoms with van der Waals surface area (Å²) in [6.07, 6.45) is 0.935. The van der Waals surface area contributed by atoms with E-state index < -0.39 is 11.9 Å². The van der Waals surface area contributed by atoms with E-state index in [1.807, 2.05) is 0 Å². The van der Waals surface area contributed by atoms with E-state index in [0.717, 1.165) is 5.56 Å². The number of nitrogens with two attached hydrogens (primary N) is 1. The first kappa shape index (κ1) is 16.6. The minimum atomic E-state index is -0.780.